The quantitative estimate of drug-likeness (QED) is 0.525. The molecule has 4 heteroatoms. The Hall–Kier alpha value is -2.17. The van der Waals surface area contributed by atoms with Gasteiger partial charge in [-0.2, -0.15) is 0 Å². The number of rotatable bonds is 8. The van der Waals surface area contributed by atoms with Gasteiger partial charge in [-0.1, -0.05) is 36.8 Å². The van der Waals surface area contributed by atoms with Crippen molar-refractivity contribution in [3.63, 3.8) is 0 Å². The van der Waals surface area contributed by atoms with E-state index in [-0.39, 0.29) is 0 Å². The molecule has 3 N–H and O–H groups in total. The number of hydrogen-bond donors (Lipinski definition) is 3. The Bertz CT molecular complexity index is 842. The maximum Gasteiger partial charge on any atom is 0.0496 e. The van der Waals surface area contributed by atoms with Crippen LogP contribution in [0.4, 0.5) is 0 Å². The summed E-state index contributed by atoms with van der Waals surface area (Å²) in [5.74, 6) is 0.922. The smallest absolute Gasteiger partial charge is 0.0496 e. The van der Waals surface area contributed by atoms with E-state index in [4.69, 9.17) is 5.41 Å². The number of aromatic amines is 1. The molecule has 1 aromatic carbocycles. The number of piperidine rings is 1. The van der Waals surface area contributed by atoms with Crippen LogP contribution in [0.3, 0.4) is 0 Å². The van der Waals surface area contributed by atoms with E-state index in [1.807, 2.05) is 0 Å². The average molecular weight is 405 g/mol. The zero-order chi connectivity index (χ0) is 20.8. The molecule has 2 fully saturated rings. The van der Waals surface area contributed by atoms with Crippen LogP contribution < -0.4 is 5.32 Å². The lowest BCUT2D eigenvalue weighted by Gasteiger charge is -2.22. The molecular formula is C26H36N4. The van der Waals surface area contributed by atoms with E-state index < -0.39 is 0 Å². The van der Waals surface area contributed by atoms with Crippen molar-refractivity contribution < 1.29 is 0 Å². The van der Waals surface area contributed by atoms with Gasteiger partial charge in [0.05, 0.1) is 0 Å². The fraction of sp³-hybridized carbons (Fsp3) is 0.500. The van der Waals surface area contributed by atoms with Gasteiger partial charge in [0.15, 0.2) is 0 Å². The predicted molar refractivity (Wildman–Crippen MR) is 127 cm³/mol. The molecule has 2 aliphatic heterocycles. The molecule has 0 aliphatic carbocycles. The van der Waals surface area contributed by atoms with Crippen molar-refractivity contribution in [3.8, 4) is 0 Å². The number of hydrogen-bond acceptors (Lipinski definition) is 3. The summed E-state index contributed by atoms with van der Waals surface area (Å²) in [7, 11) is 2.19. The number of nitrogens with zero attached hydrogens (tertiary/aromatic N) is 1. The first kappa shape index (κ1) is 21.1. The van der Waals surface area contributed by atoms with Crippen LogP contribution in [0.25, 0.3) is 12.2 Å². The van der Waals surface area contributed by atoms with Crippen LogP contribution in [-0.4, -0.2) is 42.8 Å². The summed E-state index contributed by atoms with van der Waals surface area (Å²) in [4.78, 5) is 5.96. The topological polar surface area (TPSA) is 54.9 Å². The largest absolute Gasteiger partial charge is 0.357 e. The minimum absolute atomic E-state index is 0.454. The molecule has 30 heavy (non-hydrogen) atoms. The van der Waals surface area contributed by atoms with E-state index in [1.54, 1.807) is 0 Å². The lowest BCUT2D eigenvalue weighted by Crippen LogP contribution is -2.27. The number of H-pyrrole nitrogens is 1. The first-order chi connectivity index (χ1) is 14.7. The SMILES string of the molecule is CN1CCCC1c1cc(C=N)c(/C=C/c2ccc(CCCC3CCNCC3)cc2)[nH]1. The molecule has 1 atom stereocenters. The van der Waals surface area contributed by atoms with Gasteiger partial charge in [0.2, 0.25) is 0 Å². The minimum Gasteiger partial charge on any atom is -0.357 e. The highest BCUT2D eigenvalue weighted by atomic mass is 15.2. The molecule has 0 saturated carbocycles. The second kappa shape index (κ2) is 10.2. The molecule has 1 unspecified atom stereocenters. The first-order valence-electron chi connectivity index (χ1n) is 11.6. The van der Waals surface area contributed by atoms with Crippen LogP contribution in [-0.2, 0) is 6.42 Å². The number of nitrogens with one attached hydrogen (secondary N) is 3. The van der Waals surface area contributed by atoms with Crippen molar-refractivity contribution in [2.75, 3.05) is 26.7 Å². The lowest BCUT2D eigenvalue weighted by atomic mass is 9.91. The van der Waals surface area contributed by atoms with Crippen molar-refractivity contribution in [1.29, 1.82) is 5.41 Å². The lowest BCUT2D eigenvalue weighted by molar-refractivity contribution is 0.312. The molecular weight excluding hydrogens is 368 g/mol. The second-order valence-electron chi connectivity index (χ2n) is 9.04. The number of likely N-dealkylation sites (tertiary alicyclic amines) is 1. The van der Waals surface area contributed by atoms with E-state index in [2.05, 4.69) is 64.7 Å². The highest BCUT2D eigenvalue weighted by Crippen LogP contribution is 2.31. The molecule has 0 radical (unpaired) electrons. The fourth-order valence-electron chi connectivity index (χ4n) is 4.99. The van der Waals surface area contributed by atoms with E-state index in [0.717, 1.165) is 23.7 Å². The number of benzene rings is 1. The van der Waals surface area contributed by atoms with E-state index in [1.165, 1.54) is 81.1 Å². The van der Waals surface area contributed by atoms with Gasteiger partial charge >= 0.3 is 0 Å². The Labute approximate surface area is 181 Å². The monoisotopic (exact) mass is 404 g/mol. The Kier molecular flexibility index (Phi) is 7.19. The Morgan fingerprint density at radius 2 is 1.90 bits per heavy atom. The van der Waals surface area contributed by atoms with E-state index >= 15 is 0 Å². The van der Waals surface area contributed by atoms with Gasteiger partial charge in [0.25, 0.3) is 0 Å². The molecule has 2 aliphatic rings. The minimum atomic E-state index is 0.454. The third kappa shape index (κ3) is 5.30. The van der Waals surface area contributed by atoms with Crippen LogP contribution in [0, 0.1) is 11.3 Å². The highest BCUT2D eigenvalue weighted by Gasteiger charge is 2.24. The molecule has 0 amide bonds. The zero-order valence-corrected chi connectivity index (χ0v) is 18.3. The van der Waals surface area contributed by atoms with Crippen LogP contribution in [0.15, 0.2) is 30.3 Å². The number of aromatic nitrogens is 1. The summed E-state index contributed by atoms with van der Waals surface area (Å²) in [6, 6.07) is 11.6. The van der Waals surface area contributed by atoms with Gasteiger partial charge < -0.3 is 15.7 Å². The summed E-state index contributed by atoms with van der Waals surface area (Å²) in [5.41, 5.74) is 5.88. The van der Waals surface area contributed by atoms with Crippen molar-refractivity contribution in [2.24, 2.45) is 5.92 Å². The van der Waals surface area contributed by atoms with Crippen molar-refractivity contribution in [2.45, 2.75) is 51.0 Å². The van der Waals surface area contributed by atoms with Crippen molar-refractivity contribution >= 4 is 18.4 Å². The van der Waals surface area contributed by atoms with Crippen molar-refractivity contribution in [3.05, 3.63) is 58.4 Å². The fourth-order valence-corrected chi connectivity index (χ4v) is 4.99. The van der Waals surface area contributed by atoms with E-state index in [9.17, 15) is 0 Å². The average Bonchev–Trinajstić information content (AvgIpc) is 3.39. The number of aryl methyl sites for hydroxylation is 1. The molecule has 0 bridgehead atoms. The molecule has 4 rings (SSSR count). The Balaban J connectivity index is 1.33. The Morgan fingerprint density at radius 3 is 2.60 bits per heavy atom. The molecule has 1 aromatic heterocycles. The second-order valence-corrected chi connectivity index (χ2v) is 9.04. The van der Waals surface area contributed by atoms with Crippen LogP contribution in [0.1, 0.15) is 72.6 Å². The third-order valence-electron chi connectivity index (χ3n) is 6.89. The molecule has 2 aromatic rings. The molecule has 160 valence electrons. The summed E-state index contributed by atoms with van der Waals surface area (Å²) >= 11 is 0. The standard InChI is InChI=1S/C26H36N4/c1-30-17-3-6-26(30)25-18-23(19-27)24(29-25)12-11-22-9-7-20(8-10-22)4-2-5-21-13-15-28-16-14-21/h7-12,18-19,21,26-29H,2-6,13-17H2,1H3/b12-11+,27-19?. The zero-order valence-electron chi connectivity index (χ0n) is 18.3. The molecule has 3 heterocycles. The summed E-state index contributed by atoms with van der Waals surface area (Å²) in [6.07, 6.45) is 14.7. The summed E-state index contributed by atoms with van der Waals surface area (Å²) in [6.45, 7) is 3.55. The van der Waals surface area contributed by atoms with Gasteiger partial charge in [-0.3, -0.25) is 4.90 Å². The van der Waals surface area contributed by atoms with Gasteiger partial charge in [-0.25, -0.2) is 0 Å². The third-order valence-corrected chi connectivity index (χ3v) is 6.89. The Morgan fingerprint density at radius 1 is 1.10 bits per heavy atom. The first-order valence-corrected chi connectivity index (χ1v) is 11.6. The van der Waals surface area contributed by atoms with Crippen LogP contribution >= 0.6 is 0 Å². The van der Waals surface area contributed by atoms with Gasteiger partial charge in [0, 0.05) is 29.2 Å². The van der Waals surface area contributed by atoms with E-state index in [0.29, 0.717) is 6.04 Å². The van der Waals surface area contributed by atoms with Gasteiger partial charge in [-0.05, 0) is 94.4 Å². The molecule has 4 nitrogen and oxygen atoms in total. The summed E-state index contributed by atoms with van der Waals surface area (Å²) < 4.78 is 0. The normalized spacial score (nSPS) is 20.9. The highest BCUT2D eigenvalue weighted by molar-refractivity contribution is 5.85. The molecule has 0 spiro atoms. The van der Waals surface area contributed by atoms with Crippen LogP contribution in [0.2, 0.25) is 0 Å². The van der Waals surface area contributed by atoms with Crippen molar-refractivity contribution in [1.82, 2.24) is 15.2 Å². The molecule has 2 saturated heterocycles. The van der Waals surface area contributed by atoms with Crippen LogP contribution in [0.5, 0.6) is 0 Å². The maximum atomic E-state index is 7.77. The van der Waals surface area contributed by atoms with Gasteiger partial charge in [-0.15, -0.1) is 0 Å². The maximum absolute atomic E-state index is 7.77. The van der Waals surface area contributed by atoms with Gasteiger partial charge in [0.1, 0.15) is 0 Å². The predicted octanol–water partition coefficient (Wildman–Crippen LogP) is 5.27. The summed E-state index contributed by atoms with van der Waals surface area (Å²) in [5, 5.41) is 11.2.